The van der Waals surface area contributed by atoms with Gasteiger partial charge in [-0.3, -0.25) is 14.6 Å². The molecule has 0 amide bonds. The highest BCUT2D eigenvalue weighted by molar-refractivity contribution is 5.97. The van der Waals surface area contributed by atoms with Crippen LogP contribution in [0.5, 0.6) is 0 Å². The number of hydrogen-bond acceptors (Lipinski definition) is 6. The van der Waals surface area contributed by atoms with Crippen LogP contribution < -0.4 is 16.2 Å². The maximum absolute atomic E-state index is 13.2. The van der Waals surface area contributed by atoms with Crippen LogP contribution in [0.2, 0.25) is 0 Å². The Kier molecular flexibility index (Phi) is 3.99. The topological polar surface area (TPSA) is 107 Å². The second-order valence-corrected chi connectivity index (χ2v) is 8.55. The van der Waals surface area contributed by atoms with Crippen molar-refractivity contribution in [3.63, 3.8) is 0 Å². The van der Waals surface area contributed by atoms with Crippen molar-refractivity contribution < 1.29 is 4.74 Å². The Morgan fingerprint density at radius 1 is 1.31 bits per heavy atom. The minimum absolute atomic E-state index is 0.0786. The van der Waals surface area contributed by atoms with Crippen LogP contribution >= 0.6 is 0 Å². The number of pyridine rings is 1. The van der Waals surface area contributed by atoms with Crippen LogP contribution in [0.1, 0.15) is 32.7 Å². The van der Waals surface area contributed by atoms with Crippen molar-refractivity contribution in [3.8, 4) is 11.3 Å². The van der Waals surface area contributed by atoms with Crippen molar-refractivity contribution in [1.29, 1.82) is 0 Å². The first-order chi connectivity index (χ1) is 13.9. The SMILES string of the molecule is CC(n1cc(-c2cc(N3CCOCC3)n(C)n2)c2[nH]nc(N)c2c1=O)C1(C)CC1. The van der Waals surface area contributed by atoms with Gasteiger partial charge in [0.25, 0.3) is 5.56 Å². The summed E-state index contributed by atoms with van der Waals surface area (Å²) in [6.07, 6.45) is 4.17. The molecule has 9 heteroatoms. The van der Waals surface area contributed by atoms with Gasteiger partial charge in [0.05, 0.1) is 24.4 Å². The van der Waals surface area contributed by atoms with E-state index in [1.165, 1.54) is 0 Å². The number of H-pyrrole nitrogens is 1. The minimum Gasteiger partial charge on any atom is -0.382 e. The number of hydrogen-bond donors (Lipinski definition) is 2. The summed E-state index contributed by atoms with van der Waals surface area (Å²) < 4.78 is 9.17. The van der Waals surface area contributed by atoms with E-state index in [0.717, 1.165) is 43.0 Å². The molecule has 0 bridgehead atoms. The van der Waals surface area contributed by atoms with Gasteiger partial charge in [-0.25, -0.2) is 0 Å². The molecule has 5 rings (SSSR count). The third kappa shape index (κ3) is 2.83. The third-order valence-electron chi connectivity index (χ3n) is 6.71. The summed E-state index contributed by atoms with van der Waals surface area (Å²) in [6.45, 7) is 7.42. The number of anilines is 2. The molecule has 1 atom stereocenters. The fourth-order valence-corrected chi connectivity index (χ4v) is 4.27. The van der Waals surface area contributed by atoms with Crippen molar-refractivity contribution in [3.05, 3.63) is 22.6 Å². The first-order valence-corrected chi connectivity index (χ1v) is 10.1. The second-order valence-electron chi connectivity index (χ2n) is 8.55. The number of aromatic nitrogens is 5. The second kappa shape index (κ2) is 6.35. The van der Waals surface area contributed by atoms with Gasteiger partial charge in [0, 0.05) is 44.0 Å². The van der Waals surface area contributed by atoms with Crippen molar-refractivity contribution in [2.45, 2.75) is 32.7 Å². The van der Waals surface area contributed by atoms with Gasteiger partial charge in [-0.15, -0.1) is 0 Å². The number of ether oxygens (including phenoxy) is 1. The molecule has 3 aromatic rings. The zero-order valence-corrected chi connectivity index (χ0v) is 17.1. The molecule has 2 fully saturated rings. The highest BCUT2D eigenvalue weighted by Crippen LogP contribution is 2.53. The third-order valence-corrected chi connectivity index (χ3v) is 6.71. The van der Waals surface area contributed by atoms with Gasteiger partial charge in [0.2, 0.25) is 0 Å². The Bertz CT molecular complexity index is 1130. The zero-order valence-electron chi connectivity index (χ0n) is 17.1. The normalized spacial score (nSPS) is 19.6. The monoisotopic (exact) mass is 397 g/mol. The quantitative estimate of drug-likeness (QED) is 0.696. The zero-order chi connectivity index (χ0) is 20.3. The number of nitrogens with two attached hydrogens (primary N) is 1. The fraction of sp³-hybridized carbons (Fsp3) is 0.550. The predicted octanol–water partition coefficient (Wildman–Crippen LogP) is 1.90. The van der Waals surface area contributed by atoms with Crippen molar-refractivity contribution in [2.24, 2.45) is 12.5 Å². The Labute approximate surface area is 168 Å². The molecule has 0 spiro atoms. The summed E-state index contributed by atoms with van der Waals surface area (Å²) >= 11 is 0. The average Bonchev–Trinajstić information content (AvgIpc) is 3.17. The average molecular weight is 397 g/mol. The minimum atomic E-state index is -0.0973. The number of nitrogen functional groups attached to an aromatic ring is 1. The van der Waals surface area contributed by atoms with E-state index in [2.05, 4.69) is 35.0 Å². The van der Waals surface area contributed by atoms with E-state index in [-0.39, 0.29) is 22.8 Å². The van der Waals surface area contributed by atoms with Gasteiger partial charge in [-0.1, -0.05) is 6.92 Å². The molecule has 4 heterocycles. The van der Waals surface area contributed by atoms with Crippen LogP contribution in [0.4, 0.5) is 11.6 Å². The number of aryl methyl sites for hydroxylation is 1. The number of nitrogens with zero attached hydrogens (tertiary/aromatic N) is 5. The molecule has 9 nitrogen and oxygen atoms in total. The lowest BCUT2D eigenvalue weighted by Gasteiger charge is -2.28. The maximum atomic E-state index is 13.2. The van der Waals surface area contributed by atoms with E-state index in [9.17, 15) is 4.79 Å². The summed E-state index contributed by atoms with van der Waals surface area (Å²) in [6, 6.07) is 2.14. The molecule has 154 valence electrons. The summed E-state index contributed by atoms with van der Waals surface area (Å²) in [5.41, 5.74) is 8.40. The molecule has 3 aromatic heterocycles. The van der Waals surface area contributed by atoms with Gasteiger partial charge in [-0.2, -0.15) is 10.2 Å². The van der Waals surface area contributed by atoms with Gasteiger partial charge in [-0.05, 0) is 25.2 Å². The van der Waals surface area contributed by atoms with E-state index in [0.29, 0.717) is 24.1 Å². The lowest BCUT2D eigenvalue weighted by Crippen LogP contribution is -2.37. The molecule has 0 aromatic carbocycles. The fourth-order valence-electron chi connectivity index (χ4n) is 4.27. The van der Waals surface area contributed by atoms with Gasteiger partial charge in [0.1, 0.15) is 11.2 Å². The standard InChI is InChI=1S/C20H27N7O2/c1-12(20(2)4-5-20)27-11-13(17-16(19(27)28)18(21)23-22-17)14-10-15(25(3)24-14)26-6-8-29-9-7-26/h10-12H,4-9H2,1-3H3,(H3,21,22,23). The molecule has 1 saturated carbocycles. The largest absolute Gasteiger partial charge is 0.382 e. The molecular formula is C20H27N7O2. The van der Waals surface area contributed by atoms with Gasteiger partial charge in [0.15, 0.2) is 5.82 Å². The van der Waals surface area contributed by atoms with Crippen LogP contribution in [0, 0.1) is 5.41 Å². The summed E-state index contributed by atoms with van der Waals surface area (Å²) in [4.78, 5) is 15.5. The number of rotatable bonds is 4. The molecule has 29 heavy (non-hydrogen) atoms. The number of nitrogens with one attached hydrogen (secondary N) is 1. The highest BCUT2D eigenvalue weighted by atomic mass is 16.5. The van der Waals surface area contributed by atoms with E-state index in [4.69, 9.17) is 15.6 Å². The lowest BCUT2D eigenvalue weighted by molar-refractivity contribution is 0.122. The van der Waals surface area contributed by atoms with Crippen molar-refractivity contribution in [2.75, 3.05) is 36.9 Å². The highest BCUT2D eigenvalue weighted by Gasteiger charge is 2.44. The number of aromatic amines is 1. The van der Waals surface area contributed by atoms with E-state index >= 15 is 0 Å². The van der Waals surface area contributed by atoms with Crippen LogP contribution in [0.25, 0.3) is 22.2 Å². The Morgan fingerprint density at radius 3 is 2.72 bits per heavy atom. The Morgan fingerprint density at radius 2 is 2.03 bits per heavy atom. The first-order valence-electron chi connectivity index (χ1n) is 10.1. The molecule has 1 aliphatic carbocycles. The Balaban J connectivity index is 1.67. The van der Waals surface area contributed by atoms with Crippen LogP contribution in [0.3, 0.4) is 0 Å². The van der Waals surface area contributed by atoms with Crippen molar-refractivity contribution >= 4 is 22.5 Å². The van der Waals surface area contributed by atoms with Crippen LogP contribution in [-0.2, 0) is 11.8 Å². The summed E-state index contributed by atoms with van der Waals surface area (Å²) in [5.74, 6) is 1.27. The van der Waals surface area contributed by atoms with E-state index < -0.39 is 0 Å². The number of morpholine rings is 1. The van der Waals surface area contributed by atoms with Gasteiger partial charge >= 0.3 is 0 Å². The lowest BCUT2D eigenvalue weighted by atomic mass is 9.99. The molecule has 0 radical (unpaired) electrons. The van der Waals surface area contributed by atoms with Crippen molar-refractivity contribution in [1.82, 2.24) is 24.5 Å². The maximum Gasteiger partial charge on any atom is 0.264 e. The molecule has 1 unspecified atom stereocenters. The summed E-state index contributed by atoms with van der Waals surface area (Å²) in [5, 5.41) is 12.3. The van der Waals surface area contributed by atoms with E-state index in [1.807, 2.05) is 22.5 Å². The number of fused-ring (bicyclic) bond motifs is 1. The van der Waals surface area contributed by atoms with Crippen LogP contribution in [-0.4, -0.2) is 50.8 Å². The first kappa shape index (κ1) is 18.2. The van der Waals surface area contributed by atoms with Crippen LogP contribution in [0.15, 0.2) is 17.1 Å². The molecule has 1 saturated heterocycles. The molecular weight excluding hydrogens is 370 g/mol. The summed E-state index contributed by atoms with van der Waals surface area (Å²) in [7, 11) is 1.94. The molecule has 2 aliphatic rings. The molecule has 1 aliphatic heterocycles. The Hall–Kier alpha value is -2.81. The smallest absolute Gasteiger partial charge is 0.264 e. The predicted molar refractivity (Wildman–Crippen MR) is 112 cm³/mol. The van der Waals surface area contributed by atoms with Gasteiger partial charge < -0.3 is 19.9 Å². The molecule has 3 N–H and O–H groups in total. The van der Waals surface area contributed by atoms with E-state index in [1.54, 1.807) is 0 Å².